The third kappa shape index (κ3) is 4.05. The lowest BCUT2D eigenvalue weighted by Gasteiger charge is -2.21. The Morgan fingerprint density at radius 2 is 2.37 bits per heavy atom. The number of likely N-dealkylation sites (N-methyl/N-ethyl adjacent to an activating group) is 1. The molecule has 108 valence electrons. The second-order valence-corrected chi connectivity index (χ2v) is 5.43. The van der Waals surface area contributed by atoms with E-state index >= 15 is 0 Å². The van der Waals surface area contributed by atoms with Gasteiger partial charge in [0.1, 0.15) is 0 Å². The van der Waals surface area contributed by atoms with Gasteiger partial charge in [-0.15, -0.1) is 0 Å². The topological polar surface area (TPSA) is 39.1 Å². The van der Waals surface area contributed by atoms with Crippen molar-refractivity contribution in [3.05, 3.63) is 17.5 Å². The molecule has 4 nitrogen and oxygen atoms in total. The molecule has 2 rings (SSSR count). The maximum Gasteiger partial charge on any atom is 0.0624 e. The Bertz CT molecular complexity index is 383. The van der Waals surface area contributed by atoms with Crippen LogP contribution in [0, 0.1) is 0 Å². The Morgan fingerprint density at radius 3 is 2.95 bits per heavy atom. The van der Waals surface area contributed by atoms with Gasteiger partial charge >= 0.3 is 0 Å². The van der Waals surface area contributed by atoms with Crippen LogP contribution in [0.1, 0.15) is 44.5 Å². The minimum absolute atomic E-state index is 0.447. The van der Waals surface area contributed by atoms with E-state index < -0.39 is 0 Å². The fourth-order valence-corrected chi connectivity index (χ4v) is 2.86. The predicted octanol–water partition coefficient (Wildman–Crippen LogP) is 2.07. The zero-order chi connectivity index (χ0) is 13.7. The summed E-state index contributed by atoms with van der Waals surface area (Å²) in [6, 6.07) is 2.73. The van der Waals surface area contributed by atoms with Crippen molar-refractivity contribution >= 4 is 0 Å². The highest BCUT2D eigenvalue weighted by Crippen LogP contribution is 2.19. The second-order valence-electron chi connectivity index (χ2n) is 5.43. The van der Waals surface area contributed by atoms with Crippen LogP contribution in [0.5, 0.6) is 0 Å². The minimum Gasteiger partial charge on any atom is -0.378 e. The van der Waals surface area contributed by atoms with Crippen molar-refractivity contribution in [3.8, 4) is 0 Å². The van der Waals surface area contributed by atoms with Crippen molar-refractivity contribution in [1.82, 2.24) is 15.1 Å². The van der Waals surface area contributed by atoms with Crippen LogP contribution < -0.4 is 5.32 Å². The van der Waals surface area contributed by atoms with Crippen molar-refractivity contribution in [2.45, 2.75) is 58.1 Å². The van der Waals surface area contributed by atoms with Gasteiger partial charge in [0.15, 0.2) is 0 Å². The molecule has 0 bridgehead atoms. The van der Waals surface area contributed by atoms with E-state index in [0.29, 0.717) is 12.1 Å². The molecule has 2 heterocycles. The lowest BCUT2D eigenvalue weighted by molar-refractivity contribution is 0.0946. The first kappa shape index (κ1) is 14.5. The smallest absolute Gasteiger partial charge is 0.0624 e. The molecular formula is C15H27N3O. The molecule has 0 aromatic carbocycles. The zero-order valence-electron chi connectivity index (χ0n) is 12.5. The van der Waals surface area contributed by atoms with E-state index in [1.165, 1.54) is 24.2 Å². The van der Waals surface area contributed by atoms with Crippen LogP contribution in [0.25, 0.3) is 0 Å². The van der Waals surface area contributed by atoms with E-state index in [0.717, 1.165) is 32.4 Å². The summed E-state index contributed by atoms with van der Waals surface area (Å²) in [5, 5.41) is 8.12. The third-order valence-electron chi connectivity index (χ3n) is 3.91. The zero-order valence-corrected chi connectivity index (χ0v) is 12.5. The van der Waals surface area contributed by atoms with E-state index in [2.05, 4.69) is 30.3 Å². The number of nitrogens with one attached hydrogen (secondary N) is 1. The van der Waals surface area contributed by atoms with Crippen molar-refractivity contribution in [3.63, 3.8) is 0 Å². The van der Waals surface area contributed by atoms with Crippen LogP contribution in [0.15, 0.2) is 6.07 Å². The molecule has 1 fully saturated rings. The maximum absolute atomic E-state index is 5.76. The number of aromatic nitrogens is 2. The molecule has 1 aromatic rings. The van der Waals surface area contributed by atoms with E-state index in [1.807, 2.05) is 11.7 Å². The van der Waals surface area contributed by atoms with Crippen LogP contribution in [0.4, 0.5) is 0 Å². The van der Waals surface area contributed by atoms with Crippen molar-refractivity contribution in [2.24, 2.45) is 7.05 Å². The molecule has 0 saturated carbocycles. The number of hydrogen-bond acceptors (Lipinski definition) is 3. The van der Waals surface area contributed by atoms with Gasteiger partial charge in [-0.05, 0) is 38.3 Å². The Hall–Kier alpha value is -0.870. The van der Waals surface area contributed by atoms with Gasteiger partial charge in [-0.1, -0.05) is 13.8 Å². The highest BCUT2D eigenvalue weighted by atomic mass is 16.5. The SMILES string of the molecule is CCNC(Cc1cc(CC)nn1C)CC1CCCO1. The summed E-state index contributed by atoms with van der Waals surface area (Å²) in [6.45, 7) is 6.27. The summed E-state index contributed by atoms with van der Waals surface area (Å²) in [7, 11) is 2.05. The monoisotopic (exact) mass is 265 g/mol. The summed E-state index contributed by atoms with van der Waals surface area (Å²) < 4.78 is 7.79. The van der Waals surface area contributed by atoms with Gasteiger partial charge in [0, 0.05) is 31.8 Å². The summed E-state index contributed by atoms with van der Waals surface area (Å²) in [5.41, 5.74) is 2.51. The van der Waals surface area contributed by atoms with E-state index in [9.17, 15) is 0 Å². The van der Waals surface area contributed by atoms with Gasteiger partial charge in [-0.25, -0.2) is 0 Å². The van der Waals surface area contributed by atoms with Gasteiger partial charge in [-0.3, -0.25) is 4.68 Å². The number of ether oxygens (including phenoxy) is 1. The molecule has 19 heavy (non-hydrogen) atoms. The van der Waals surface area contributed by atoms with Gasteiger partial charge in [0.05, 0.1) is 11.8 Å². The summed E-state index contributed by atoms with van der Waals surface area (Å²) >= 11 is 0. The van der Waals surface area contributed by atoms with E-state index in [4.69, 9.17) is 4.74 Å². The molecule has 0 amide bonds. The summed E-state index contributed by atoms with van der Waals surface area (Å²) in [4.78, 5) is 0. The molecule has 0 aliphatic carbocycles. The average Bonchev–Trinajstić information content (AvgIpc) is 3.00. The molecule has 1 saturated heterocycles. The van der Waals surface area contributed by atoms with Crippen LogP contribution in [-0.2, 0) is 24.6 Å². The quantitative estimate of drug-likeness (QED) is 0.820. The first-order valence-electron chi connectivity index (χ1n) is 7.59. The Labute approximate surface area is 116 Å². The van der Waals surface area contributed by atoms with Crippen molar-refractivity contribution in [2.75, 3.05) is 13.2 Å². The molecule has 2 unspecified atom stereocenters. The largest absolute Gasteiger partial charge is 0.378 e. The van der Waals surface area contributed by atoms with Crippen LogP contribution in [0.3, 0.4) is 0 Å². The first-order valence-corrected chi connectivity index (χ1v) is 7.59. The van der Waals surface area contributed by atoms with Crippen LogP contribution >= 0.6 is 0 Å². The minimum atomic E-state index is 0.447. The van der Waals surface area contributed by atoms with E-state index in [-0.39, 0.29) is 0 Å². The van der Waals surface area contributed by atoms with Gasteiger partial charge in [-0.2, -0.15) is 5.10 Å². The van der Waals surface area contributed by atoms with Crippen LogP contribution in [-0.4, -0.2) is 35.1 Å². The highest BCUT2D eigenvalue weighted by molar-refractivity contribution is 5.11. The molecule has 1 aliphatic rings. The fourth-order valence-electron chi connectivity index (χ4n) is 2.86. The molecule has 1 aliphatic heterocycles. The van der Waals surface area contributed by atoms with Crippen LogP contribution in [0.2, 0.25) is 0 Å². The lowest BCUT2D eigenvalue weighted by Crippen LogP contribution is -2.34. The lowest BCUT2D eigenvalue weighted by atomic mass is 10.0. The number of aryl methyl sites for hydroxylation is 2. The van der Waals surface area contributed by atoms with Crippen molar-refractivity contribution in [1.29, 1.82) is 0 Å². The molecule has 2 atom stereocenters. The normalized spacial score (nSPS) is 20.9. The Morgan fingerprint density at radius 1 is 1.53 bits per heavy atom. The number of hydrogen-bond donors (Lipinski definition) is 1. The molecular weight excluding hydrogens is 238 g/mol. The van der Waals surface area contributed by atoms with Gasteiger partial charge in [0.25, 0.3) is 0 Å². The highest BCUT2D eigenvalue weighted by Gasteiger charge is 2.21. The molecule has 1 aromatic heterocycles. The molecule has 0 radical (unpaired) electrons. The van der Waals surface area contributed by atoms with Gasteiger partial charge in [0.2, 0.25) is 0 Å². The number of nitrogens with zero attached hydrogens (tertiary/aromatic N) is 2. The van der Waals surface area contributed by atoms with Crippen molar-refractivity contribution < 1.29 is 4.74 Å². The Kier molecular flexibility index (Phi) is 5.40. The summed E-state index contributed by atoms with van der Waals surface area (Å²) in [6.07, 6.45) is 6.04. The standard InChI is InChI=1S/C15H27N3O/c1-4-12-9-14(18(3)17-12)10-13(16-5-2)11-15-7-6-8-19-15/h9,13,15-16H,4-8,10-11H2,1-3H3. The maximum atomic E-state index is 5.76. The van der Waals surface area contributed by atoms with E-state index in [1.54, 1.807) is 0 Å². The molecule has 0 spiro atoms. The average molecular weight is 265 g/mol. The third-order valence-corrected chi connectivity index (χ3v) is 3.91. The molecule has 1 N–H and O–H groups in total. The van der Waals surface area contributed by atoms with Gasteiger partial charge < -0.3 is 10.1 Å². The fraction of sp³-hybridized carbons (Fsp3) is 0.800. The second kappa shape index (κ2) is 7.06. The molecule has 4 heteroatoms. The first-order chi connectivity index (χ1) is 9.22. The predicted molar refractivity (Wildman–Crippen MR) is 77.3 cm³/mol. The Balaban J connectivity index is 1.96. The summed E-state index contributed by atoms with van der Waals surface area (Å²) in [5.74, 6) is 0. The number of rotatable bonds is 7.